The van der Waals surface area contributed by atoms with Crippen molar-refractivity contribution in [2.75, 3.05) is 119 Å². The van der Waals surface area contributed by atoms with Crippen LogP contribution < -0.4 is 16.0 Å². The third kappa shape index (κ3) is 41.5. The molecule has 0 aromatic rings. The quantitative estimate of drug-likeness (QED) is 0.0576. The molecule has 0 aliphatic heterocycles. The van der Waals surface area contributed by atoms with Gasteiger partial charge in [-0.1, -0.05) is 6.92 Å². The summed E-state index contributed by atoms with van der Waals surface area (Å²) >= 11 is 0. The van der Waals surface area contributed by atoms with Crippen LogP contribution >= 0.6 is 0 Å². The van der Waals surface area contributed by atoms with E-state index in [1.54, 1.807) is 0 Å². The number of ether oxygens (including phenoxy) is 6. The minimum absolute atomic E-state index is 0.0803. The maximum Gasteiger partial charge on any atom is 0.234 e. The van der Waals surface area contributed by atoms with Crippen LogP contribution in [0, 0.1) is 0 Å². The first kappa shape index (κ1) is 58.1. The van der Waals surface area contributed by atoms with Gasteiger partial charge in [-0.2, -0.15) is 0 Å². The number of rotatable bonds is 46. The third-order valence-corrected chi connectivity index (χ3v) is 8.37. The van der Waals surface area contributed by atoms with Gasteiger partial charge in [0.15, 0.2) is 0 Å². The highest BCUT2D eigenvalue weighted by atomic mass is 16.5. The molecule has 62 heavy (non-hydrogen) atoms. The normalized spacial score (nSPS) is 11.0. The lowest BCUT2D eigenvalue weighted by Crippen LogP contribution is -2.43. The van der Waals surface area contributed by atoms with Gasteiger partial charge in [0.05, 0.1) is 72.1 Å². The summed E-state index contributed by atoms with van der Waals surface area (Å²) in [6.45, 7) is 9.45. The van der Waals surface area contributed by atoms with Gasteiger partial charge in [0.25, 0.3) is 0 Å². The summed E-state index contributed by atoms with van der Waals surface area (Å²) in [6, 6.07) is 0. The fourth-order valence-corrected chi connectivity index (χ4v) is 5.49. The smallest absolute Gasteiger partial charge is 0.234 e. The molecule has 0 unspecified atom stereocenters. The Balaban J connectivity index is 4.35. The number of nitrogens with zero attached hydrogens (tertiary/aromatic N) is 1. The standard InChI is InChI=1S/C43H74N4O15/c1-4-17-57-22-9-14-44-41(54)31-42(55)45-15-23-60-25-27-62-28-26-61-24-16-46-43(56)34-47(32-39(52)12-7-20-58-18-5-10-37(50)29-35(2)48)33-40(53)13-8-21-59-19-6-11-38(51)30-36(3)49/h4-34H2,1-3H3,(H,44,54)(H,45,55)(H,46,56). The van der Waals surface area contributed by atoms with E-state index in [0.29, 0.717) is 98.1 Å². The maximum atomic E-state index is 12.8. The Morgan fingerprint density at radius 2 is 0.726 bits per heavy atom. The van der Waals surface area contributed by atoms with Crippen LogP contribution in [0.25, 0.3) is 0 Å². The van der Waals surface area contributed by atoms with Crippen molar-refractivity contribution in [2.45, 2.75) is 104 Å². The minimum atomic E-state index is -0.386. The molecule has 0 radical (unpaired) electrons. The Morgan fingerprint density at radius 1 is 0.371 bits per heavy atom. The van der Waals surface area contributed by atoms with Gasteiger partial charge < -0.3 is 44.4 Å². The number of hydrogen-bond acceptors (Lipinski definition) is 16. The average molecular weight is 887 g/mol. The summed E-state index contributed by atoms with van der Waals surface area (Å²) in [6.07, 6.45) is 3.90. The van der Waals surface area contributed by atoms with Gasteiger partial charge in [-0.05, 0) is 52.4 Å². The summed E-state index contributed by atoms with van der Waals surface area (Å²) < 4.78 is 32.8. The molecule has 0 fully saturated rings. The molecule has 0 heterocycles. The fourth-order valence-electron chi connectivity index (χ4n) is 5.49. The van der Waals surface area contributed by atoms with Gasteiger partial charge >= 0.3 is 0 Å². The van der Waals surface area contributed by atoms with Crippen molar-refractivity contribution >= 4 is 52.4 Å². The third-order valence-electron chi connectivity index (χ3n) is 8.37. The van der Waals surface area contributed by atoms with Gasteiger partial charge in [0.1, 0.15) is 41.1 Å². The first-order valence-corrected chi connectivity index (χ1v) is 21.9. The second kappa shape index (κ2) is 41.2. The number of hydrogen-bond donors (Lipinski definition) is 3. The fraction of sp³-hybridized carbons (Fsp3) is 0.791. The van der Waals surface area contributed by atoms with E-state index in [1.165, 1.54) is 18.7 Å². The Hall–Kier alpha value is -3.85. The number of carbonyl (C=O) groups is 9. The van der Waals surface area contributed by atoms with Gasteiger partial charge in [-0.15, -0.1) is 0 Å². The Morgan fingerprint density at radius 3 is 1.16 bits per heavy atom. The number of amides is 3. The SMILES string of the molecule is CCCOCCCNC(=O)CC(=O)NCCOCCOCCOCCNC(=O)CN(CC(=O)CCCOCCCC(=O)CC(C)=O)CC(=O)CCCOCCCC(=O)CC(C)=O. The molecule has 0 spiro atoms. The van der Waals surface area contributed by atoms with Crippen molar-refractivity contribution in [3.05, 3.63) is 0 Å². The van der Waals surface area contributed by atoms with Gasteiger partial charge in [-0.3, -0.25) is 48.1 Å². The van der Waals surface area contributed by atoms with Crippen LogP contribution in [0.5, 0.6) is 0 Å². The molecule has 3 N–H and O–H groups in total. The minimum Gasteiger partial charge on any atom is -0.381 e. The molecule has 19 nitrogen and oxygen atoms in total. The number of carbonyl (C=O) groups excluding carboxylic acids is 9. The Kier molecular flexibility index (Phi) is 38.6. The van der Waals surface area contributed by atoms with E-state index in [-0.39, 0.29) is 150 Å². The summed E-state index contributed by atoms with van der Waals surface area (Å²) in [5.41, 5.74) is 0. The monoisotopic (exact) mass is 887 g/mol. The molecule has 0 aliphatic carbocycles. The number of nitrogens with one attached hydrogen (secondary N) is 3. The topological polar surface area (TPSA) is 248 Å². The van der Waals surface area contributed by atoms with E-state index in [4.69, 9.17) is 28.4 Å². The lowest BCUT2D eigenvalue weighted by Gasteiger charge is -2.20. The second-order valence-electron chi connectivity index (χ2n) is 14.7. The molecule has 0 saturated carbocycles. The lowest BCUT2D eigenvalue weighted by molar-refractivity contribution is -0.130. The van der Waals surface area contributed by atoms with Crippen molar-refractivity contribution in [3.63, 3.8) is 0 Å². The predicted molar refractivity (Wildman–Crippen MR) is 227 cm³/mol. The van der Waals surface area contributed by atoms with Crippen molar-refractivity contribution < 1.29 is 71.6 Å². The van der Waals surface area contributed by atoms with Gasteiger partial charge in [0.2, 0.25) is 17.7 Å². The highest BCUT2D eigenvalue weighted by molar-refractivity contribution is 5.98. The molecule has 0 saturated heterocycles. The molecular formula is C43H74N4O15. The van der Waals surface area contributed by atoms with Crippen molar-refractivity contribution in [1.29, 1.82) is 0 Å². The van der Waals surface area contributed by atoms with E-state index in [9.17, 15) is 43.2 Å². The van der Waals surface area contributed by atoms with Gasteiger partial charge in [0, 0.05) is 85.0 Å². The van der Waals surface area contributed by atoms with Crippen LogP contribution in [0.2, 0.25) is 0 Å². The van der Waals surface area contributed by atoms with Crippen LogP contribution in [0.15, 0.2) is 0 Å². The molecule has 19 heteroatoms. The molecule has 0 aliphatic rings. The van der Waals surface area contributed by atoms with Crippen molar-refractivity contribution in [2.24, 2.45) is 0 Å². The zero-order valence-corrected chi connectivity index (χ0v) is 37.5. The highest BCUT2D eigenvalue weighted by Gasteiger charge is 2.18. The zero-order valence-electron chi connectivity index (χ0n) is 37.5. The Labute approximate surface area is 367 Å². The van der Waals surface area contributed by atoms with E-state index < -0.39 is 0 Å². The zero-order chi connectivity index (χ0) is 46.1. The van der Waals surface area contributed by atoms with Crippen LogP contribution in [0.4, 0.5) is 0 Å². The summed E-state index contributed by atoms with van der Waals surface area (Å²) in [7, 11) is 0. The molecular weight excluding hydrogens is 812 g/mol. The number of Topliss-reactive ketones (excluding diaryl/α,β-unsaturated/α-hetero) is 6. The highest BCUT2D eigenvalue weighted by Crippen LogP contribution is 2.03. The summed E-state index contributed by atoms with van der Waals surface area (Å²) in [5, 5.41) is 8.05. The van der Waals surface area contributed by atoms with E-state index >= 15 is 0 Å². The first-order valence-electron chi connectivity index (χ1n) is 21.9. The molecule has 0 bridgehead atoms. The lowest BCUT2D eigenvalue weighted by atomic mass is 10.1. The first-order chi connectivity index (χ1) is 29.8. The van der Waals surface area contributed by atoms with Gasteiger partial charge in [-0.25, -0.2) is 0 Å². The second-order valence-corrected chi connectivity index (χ2v) is 14.7. The predicted octanol–water partition coefficient (Wildman–Crippen LogP) is 1.28. The molecule has 0 rings (SSSR count). The van der Waals surface area contributed by atoms with Crippen LogP contribution in [-0.2, 0) is 71.6 Å². The molecule has 0 aromatic heterocycles. The molecule has 3 amide bonds. The largest absolute Gasteiger partial charge is 0.381 e. The molecule has 0 atom stereocenters. The summed E-state index contributed by atoms with van der Waals surface area (Å²) in [4.78, 5) is 109. The number of ketones is 6. The van der Waals surface area contributed by atoms with Crippen molar-refractivity contribution in [1.82, 2.24) is 20.9 Å². The van der Waals surface area contributed by atoms with Crippen LogP contribution in [0.3, 0.4) is 0 Å². The maximum absolute atomic E-state index is 12.8. The van der Waals surface area contributed by atoms with Crippen LogP contribution in [0.1, 0.15) is 104 Å². The van der Waals surface area contributed by atoms with E-state index in [0.717, 1.165) is 6.42 Å². The molecule has 0 aromatic carbocycles. The Bertz CT molecular complexity index is 1260. The van der Waals surface area contributed by atoms with Crippen molar-refractivity contribution in [3.8, 4) is 0 Å². The van der Waals surface area contributed by atoms with Crippen LogP contribution in [-0.4, -0.2) is 176 Å². The van der Waals surface area contributed by atoms with E-state index in [2.05, 4.69) is 16.0 Å². The molecule has 356 valence electrons. The van der Waals surface area contributed by atoms with E-state index in [1.807, 2.05) is 6.92 Å². The summed E-state index contributed by atoms with van der Waals surface area (Å²) in [5.74, 6) is -2.04. The average Bonchev–Trinajstić information content (AvgIpc) is 3.19.